The summed E-state index contributed by atoms with van der Waals surface area (Å²) >= 11 is 0. The van der Waals surface area contributed by atoms with Crippen molar-refractivity contribution in [1.29, 1.82) is 0 Å². The van der Waals surface area contributed by atoms with Crippen LogP contribution < -0.4 is 16.0 Å². The number of hydrogen-bond acceptors (Lipinski definition) is 6. The number of alkyl carbamates (subject to hydrolysis) is 1. The van der Waals surface area contributed by atoms with Gasteiger partial charge >= 0.3 is 12.2 Å². The summed E-state index contributed by atoms with van der Waals surface area (Å²) in [6, 6.07) is 17.8. The van der Waals surface area contributed by atoms with Crippen LogP contribution in [0, 0.1) is 20.8 Å². The van der Waals surface area contributed by atoms with E-state index >= 15 is 0 Å². The maximum atomic E-state index is 13.8. The average Bonchev–Trinajstić information content (AvgIpc) is 3.01. The molecule has 2 atom stereocenters. The summed E-state index contributed by atoms with van der Waals surface area (Å²) in [5, 5.41) is 29.0. The number of nitrogens with zero attached hydrogens (tertiary/aromatic N) is 1. The van der Waals surface area contributed by atoms with E-state index in [4.69, 9.17) is 4.74 Å². The zero-order chi connectivity index (χ0) is 36.5. The van der Waals surface area contributed by atoms with Crippen molar-refractivity contribution < 1.29 is 34.1 Å². The van der Waals surface area contributed by atoms with Crippen LogP contribution in [0.1, 0.15) is 68.0 Å². The molecule has 0 fully saturated rings. The highest BCUT2D eigenvalue weighted by molar-refractivity contribution is 5.87. The van der Waals surface area contributed by atoms with Crippen molar-refractivity contribution >= 4 is 24.0 Å². The Balaban J connectivity index is 1.82. The van der Waals surface area contributed by atoms with E-state index in [-0.39, 0.29) is 31.7 Å². The van der Waals surface area contributed by atoms with Crippen molar-refractivity contribution in [3.63, 3.8) is 0 Å². The molecule has 0 aliphatic rings. The monoisotopic (exact) mass is 674 g/mol. The van der Waals surface area contributed by atoms with Crippen LogP contribution >= 0.6 is 0 Å². The van der Waals surface area contributed by atoms with Gasteiger partial charge in [0.05, 0.1) is 5.54 Å². The number of amides is 4. The van der Waals surface area contributed by atoms with Crippen LogP contribution in [0.5, 0.6) is 5.75 Å². The number of carbonyl (C=O) groups is 4. The van der Waals surface area contributed by atoms with E-state index in [2.05, 4.69) is 16.0 Å². The number of phenols is 1. The van der Waals surface area contributed by atoms with Crippen LogP contribution in [0.4, 0.5) is 9.59 Å². The van der Waals surface area contributed by atoms with Crippen LogP contribution in [0.15, 0.2) is 66.7 Å². The smallest absolute Gasteiger partial charge is 0.408 e. The van der Waals surface area contributed by atoms with Gasteiger partial charge in [0.1, 0.15) is 23.4 Å². The molecule has 0 unspecified atom stereocenters. The van der Waals surface area contributed by atoms with E-state index in [1.165, 1.54) is 0 Å². The van der Waals surface area contributed by atoms with Gasteiger partial charge < -0.3 is 30.9 Å². The zero-order valence-corrected chi connectivity index (χ0v) is 29.7. The highest BCUT2D eigenvalue weighted by Crippen LogP contribution is 2.28. The fourth-order valence-corrected chi connectivity index (χ4v) is 5.46. The van der Waals surface area contributed by atoms with E-state index in [0.29, 0.717) is 5.56 Å². The number of hydrogen-bond donors (Lipinski definition) is 5. The second-order valence-electron chi connectivity index (χ2n) is 14.0. The van der Waals surface area contributed by atoms with E-state index in [1.807, 2.05) is 62.4 Å². The Labute approximate surface area is 289 Å². The highest BCUT2D eigenvalue weighted by atomic mass is 16.6. The number of benzene rings is 3. The molecule has 5 N–H and O–H groups in total. The van der Waals surface area contributed by atoms with Crippen LogP contribution in [0.2, 0.25) is 0 Å². The molecule has 264 valence electrons. The Morgan fingerprint density at radius 3 is 1.94 bits per heavy atom. The lowest BCUT2D eigenvalue weighted by Crippen LogP contribution is -2.59. The van der Waals surface area contributed by atoms with Crippen molar-refractivity contribution in [2.75, 3.05) is 6.54 Å². The lowest BCUT2D eigenvalue weighted by atomic mass is 9.92. The second kappa shape index (κ2) is 16.4. The second-order valence-corrected chi connectivity index (χ2v) is 14.0. The lowest BCUT2D eigenvalue weighted by molar-refractivity contribution is -0.128. The molecule has 0 aliphatic heterocycles. The standard InChI is InChI=1S/C38H50N4O7/c1-24-19-32(43)26(3)25(2)29(24)21-30(40-35(46)49-37(4,5)6)33(44)41-38(7,8)23-39-34(45)31(20-27-15-11-9-12-16-27)42(36(47)48)22-28-17-13-10-14-18-28/h9-19,30-31,43H,20-23H2,1-8H3,(H,39,45)(H,40,46)(H,41,44)(H,47,48)/t30-,31+/m1/s1. The molecule has 0 heterocycles. The summed E-state index contributed by atoms with van der Waals surface area (Å²) < 4.78 is 5.45. The van der Waals surface area contributed by atoms with Gasteiger partial charge in [-0.2, -0.15) is 0 Å². The SMILES string of the molecule is Cc1cc(O)c(C)c(C)c1C[C@@H](NC(=O)OC(C)(C)C)C(=O)NC(C)(C)CNC(=O)[C@H](Cc1ccccc1)N(Cc1ccccc1)C(=O)O. The van der Waals surface area contributed by atoms with Gasteiger partial charge in [0, 0.05) is 25.9 Å². The first-order chi connectivity index (χ1) is 22.9. The third-order valence-corrected chi connectivity index (χ3v) is 8.20. The minimum atomic E-state index is -1.24. The van der Waals surface area contributed by atoms with E-state index in [1.54, 1.807) is 59.7 Å². The first-order valence-electron chi connectivity index (χ1n) is 16.3. The van der Waals surface area contributed by atoms with Gasteiger partial charge in [0.15, 0.2) is 0 Å². The van der Waals surface area contributed by atoms with Gasteiger partial charge in [-0.25, -0.2) is 9.59 Å². The predicted octanol–water partition coefficient (Wildman–Crippen LogP) is 5.56. The Hall–Kier alpha value is -5.06. The van der Waals surface area contributed by atoms with E-state index in [9.17, 15) is 29.4 Å². The third kappa shape index (κ3) is 11.5. The summed E-state index contributed by atoms with van der Waals surface area (Å²) in [5.41, 5.74) is 2.76. The van der Waals surface area contributed by atoms with Gasteiger partial charge in [0.2, 0.25) is 11.8 Å². The number of aromatic hydroxyl groups is 1. The summed E-state index contributed by atoms with van der Waals surface area (Å²) in [6.45, 7) is 14.1. The molecule has 4 amide bonds. The van der Waals surface area contributed by atoms with Crippen LogP contribution in [0.25, 0.3) is 0 Å². The molecule has 0 saturated carbocycles. The molecule has 0 aromatic heterocycles. The molecule has 49 heavy (non-hydrogen) atoms. The number of aryl methyl sites for hydroxylation is 1. The molecule has 0 aliphatic carbocycles. The van der Waals surface area contributed by atoms with Crippen LogP contribution in [-0.2, 0) is 33.7 Å². The lowest BCUT2D eigenvalue weighted by Gasteiger charge is -2.33. The fraction of sp³-hybridized carbons (Fsp3) is 0.421. The molecule has 0 saturated heterocycles. The van der Waals surface area contributed by atoms with E-state index < -0.39 is 47.2 Å². The predicted molar refractivity (Wildman–Crippen MR) is 188 cm³/mol. The first-order valence-corrected chi connectivity index (χ1v) is 16.3. The van der Waals surface area contributed by atoms with Gasteiger partial charge in [0.25, 0.3) is 0 Å². The zero-order valence-electron chi connectivity index (χ0n) is 29.7. The molecule has 0 radical (unpaired) electrons. The van der Waals surface area contributed by atoms with Crippen molar-refractivity contribution in [2.24, 2.45) is 0 Å². The maximum Gasteiger partial charge on any atom is 0.408 e. The summed E-state index contributed by atoms with van der Waals surface area (Å²) in [5.74, 6) is -0.877. The molecule has 11 heteroatoms. The van der Waals surface area contributed by atoms with Gasteiger partial charge in [-0.05, 0) is 94.8 Å². The number of carboxylic acid groups (broad SMARTS) is 1. The summed E-state index contributed by atoms with van der Waals surface area (Å²) in [7, 11) is 0. The van der Waals surface area contributed by atoms with E-state index in [0.717, 1.165) is 32.7 Å². The largest absolute Gasteiger partial charge is 0.508 e. The minimum absolute atomic E-state index is 0.00874. The minimum Gasteiger partial charge on any atom is -0.508 e. The normalized spacial score (nSPS) is 12.7. The van der Waals surface area contributed by atoms with Crippen molar-refractivity contribution in [1.82, 2.24) is 20.9 Å². The summed E-state index contributed by atoms with van der Waals surface area (Å²) in [6.07, 6.45) is -1.73. The van der Waals surface area contributed by atoms with Gasteiger partial charge in [-0.15, -0.1) is 0 Å². The highest BCUT2D eigenvalue weighted by Gasteiger charge is 2.34. The third-order valence-electron chi connectivity index (χ3n) is 8.20. The van der Waals surface area contributed by atoms with Crippen molar-refractivity contribution in [3.05, 3.63) is 100 Å². The number of carbonyl (C=O) groups excluding carboxylic acids is 3. The molecular weight excluding hydrogens is 624 g/mol. The molecule has 0 bridgehead atoms. The van der Waals surface area contributed by atoms with Gasteiger partial charge in [-0.1, -0.05) is 60.7 Å². The van der Waals surface area contributed by atoms with Gasteiger partial charge in [-0.3, -0.25) is 14.5 Å². The van der Waals surface area contributed by atoms with Crippen LogP contribution in [0.3, 0.4) is 0 Å². The summed E-state index contributed by atoms with van der Waals surface area (Å²) in [4.78, 5) is 54.1. The fourth-order valence-electron chi connectivity index (χ4n) is 5.46. The Morgan fingerprint density at radius 2 is 1.39 bits per heavy atom. The number of rotatable bonds is 13. The maximum absolute atomic E-state index is 13.8. The quantitative estimate of drug-likeness (QED) is 0.159. The Morgan fingerprint density at radius 1 is 0.816 bits per heavy atom. The molecular formula is C38H50N4O7. The average molecular weight is 675 g/mol. The van der Waals surface area contributed by atoms with Crippen molar-refractivity contribution in [2.45, 2.75) is 98.0 Å². The molecule has 3 rings (SSSR count). The Bertz CT molecular complexity index is 1620. The van der Waals surface area contributed by atoms with Crippen LogP contribution in [-0.4, -0.2) is 68.9 Å². The topological polar surface area (TPSA) is 157 Å². The Kier molecular flexibility index (Phi) is 12.8. The molecule has 3 aromatic rings. The first kappa shape index (κ1) is 38.4. The molecule has 0 spiro atoms. The molecule has 3 aromatic carbocycles. The number of phenolic OH excluding ortho intramolecular Hbond substituents is 1. The number of nitrogens with one attached hydrogen (secondary N) is 3. The molecule has 11 nitrogen and oxygen atoms in total. The number of ether oxygens (including phenoxy) is 1. The van der Waals surface area contributed by atoms with Crippen molar-refractivity contribution in [3.8, 4) is 5.75 Å².